The van der Waals surface area contributed by atoms with E-state index in [4.69, 9.17) is 4.74 Å². The molecule has 0 fully saturated rings. The van der Waals surface area contributed by atoms with Gasteiger partial charge in [0.25, 0.3) is 11.6 Å². The highest BCUT2D eigenvalue weighted by Crippen LogP contribution is 2.19. The number of ether oxygens (including phenoxy) is 1. The largest absolute Gasteiger partial charge is 0.497 e. The lowest BCUT2D eigenvalue weighted by atomic mass is 10.1. The summed E-state index contributed by atoms with van der Waals surface area (Å²) in [6.45, 7) is 9.38. The molecule has 0 saturated heterocycles. The van der Waals surface area contributed by atoms with E-state index in [2.05, 4.69) is 4.57 Å². The highest BCUT2D eigenvalue weighted by Gasteiger charge is 2.26. The number of methoxy groups -OCH3 is 1. The van der Waals surface area contributed by atoms with Gasteiger partial charge in [-0.1, -0.05) is 32.9 Å². The van der Waals surface area contributed by atoms with E-state index in [1.54, 1.807) is 12.0 Å². The van der Waals surface area contributed by atoms with Crippen molar-refractivity contribution in [2.24, 2.45) is 5.92 Å². The summed E-state index contributed by atoms with van der Waals surface area (Å²) >= 11 is 0. The Bertz CT molecular complexity index is 1270. The highest BCUT2D eigenvalue weighted by molar-refractivity contribution is 5.96. The van der Waals surface area contributed by atoms with Gasteiger partial charge in [-0.05, 0) is 61.2 Å². The number of aromatic nitrogens is 1. The molecule has 2 amide bonds. The first-order valence-corrected chi connectivity index (χ1v) is 13.2. The molecule has 1 unspecified atom stereocenters. The van der Waals surface area contributed by atoms with Crippen LogP contribution in [0.3, 0.4) is 0 Å². The summed E-state index contributed by atoms with van der Waals surface area (Å²) in [5, 5.41) is 11.0. The second kappa shape index (κ2) is 13.6. The van der Waals surface area contributed by atoms with Gasteiger partial charge in [0.2, 0.25) is 5.91 Å². The van der Waals surface area contributed by atoms with Crippen LogP contribution in [0.2, 0.25) is 0 Å². The lowest BCUT2D eigenvalue weighted by Crippen LogP contribution is -2.47. The molecule has 0 spiro atoms. The van der Waals surface area contributed by atoms with Crippen LogP contribution in [-0.4, -0.2) is 57.3 Å². The minimum Gasteiger partial charge on any atom is -0.497 e. The first-order chi connectivity index (χ1) is 18.6. The van der Waals surface area contributed by atoms with E-state index >= 15 is 0 Å². The molecule has 9 heteroatoms. The molecular formula is C30H38N4O5. The number of nitro groups is 1. The Morgan fingerprint density at radius 2 is 1.77 bits per heavy atom. The molecular weight excluding hydrogens is 496 g/mol. The van der Waals surface area contributed by atoms with Crippen LogP contribution in [0.1, 0.15) is 55.7 Å². The van der Waals surface area contributed by atoms with Crippen molar-refractivity contribution in [1.29, 1.82) is 0 Å². The average Bonchev–Trinajstić information content (AvgIpc) is 3.36. The van der Waals surface area contributed by atoms with Crippen molar-refractivity contribution >= 4 is 17.5 Å². The standard InChI is InChI=1S/C30H38N4O5/c1-6-23(4)33(20-27-10-8-16-31(27)19-24-9-7-11-28(17-24)39-5)29(35)21-32(18-22(2)3)30(36)25-12-14-26(15-13-25)34(37)38/h7-17,22-23H,6,18-21H2,1-5H3. The zero-order valence-corrected chi connectivity index (χ0v) is 23.4. The van der Waals surface area contributed by atoms with Gasteiger partial charge in [-0.3, -0.25) is 19.7 Å². The van der Waals surface area contributed by atoms with Gasteiger partial charge in [0.15, 0.2) is 0 Å². The Hall–Kier alpha value is -4.14. The zero-order chi connectivity index (χ0) is 28.5. The summed E-state index contributed by atoms with van der Waals surface area (Å²) in [4.78, 5) is 40.9. The third kappa shape index (κ3) is 7.92. The summed E-state index contributed by atoms with van der Waals surface area (Å²) in [5.74, 6) is 0.462. The van der Waals surface area contributed by atoms with Crippen LogP contribution in [0.25, 0.3) is 0 Å². The molecule has 0 N–H and O–H groups in total. The fourth-order valence-electron chi connectivity index (χ4n) is 4.42. The molecule has 1 aromatic heterocycles. The van der Waals surface area contributed by atoms with Crippen molar-refractivity contribution in [2.45, 2.75) is 53.2 Å². The van der Waals surface area contributed by atoms with Crippen LogP contribution >= 0.6 is 0 Å². The third-order valence-corrected chi connectivity index (χ3v) is 6.71. The van der Waals surface area contributed by atoms with Crippen LogP contribution in [0.5, 0.6) is 5.75 Å². The van der Waals surface area contributed by atoms with Crippen LogP contribution in [0.4, 0.5) is 5.69 Å². The van der Waals surface area contributed by atoms with Crippen LogP contribution in [0, 0.1) is 16.0 Å². The molecule has 0 aliphatic rings. The summed E-state index contributed by atoms with van der Waals surface area (Å²) in [5.41, 5.74) is 2.31. The fraction of sp³-hybridized carbons (Fsp3) is 0.400. The molecule has 208 valence electrons. The number of amides is 2. The molecule has 3 rings (SSSR count). The van der Waals surface area contributed by atoms with E-state index in [1.807, 2.05) is 75.2 Å². The van der Waals surface area contributed by atoms with Gasteiger partial charge in [0.05, 0.1) is 18.6 Å². The van der Waals surface area contributed by atoms with Crippen molar-refractivity contribution in [3.63, 3.8) is 0 Å². The van der Waals surface area contributed by atoms with E-state index < -0.39 is 4.92 Å². The van der Waals surface area contributed by atoms with Crippen LogP contribution in [0.15, 0.2) is 66.9 Å². The lowest BCUT2D eigenvalue weighted by molar-refractivity contribution is -0.384. The Morgan fingerprint density at radius 1 is 1.05 bits per heavy atom. The van der Waals surface area contributed by atoms with Gasteiger partial charge in [0, 0.05) is 48.7 Å². The van der Waals surface area contributed by atoms with E-state index in [0.717, 1.165) is 23.4 Å². The predicted molar refractivity (Wildman–Crippen MR) is 151 cm³/mol. The molecule has 9 nitrogen and oxygen atoms in total. The number of benzene rings is 2. The number of nitro benzene ring substituents is 1. The first-order valence-electron chi connectivity index (χ1n) is 13.2. The van der Waals surface area contributed by atoms with Gasteiger partial charge in [-0.25, -0.2) is 0 Å². The molecule has 39 heavy (non-hydrogen) atoms. The number of hydrogen-bond acceptors (Lipinski definition) is 5. The molecule has 0 aliphatic heterocycles. The Kier molecular flexibility index (Phi) is 10.3. The Labute approximate surface area is 230 Å². The molecule has 0 radical (unpaired) electrons. The van der Waals surface area contributed by atoms with Gasteiger partial charge in [-0.15, -0.1) is 0 Å². The molecule has 1 heterocycles. The third-order valence-electron chi connectivity index (χ3n) is 6.71. The normalized spacial score (nSPS) is 11.7. The maximum atomic E-state index is 13.7. The second-order valence-electron chi connectivity index (χ2n) is 10.1. The smallest absolute Gasteiger partial charge is 0.269 e. The minimum absolute atomic E-state index is 0.0342. The highest BCUT2D eigenvalue weighted by atomic mass is 16.6. The topological polar surface area (TPSA) is 97.9 Å². The maximum absolute atomic E-state index is 13.7. The fourth-order valence-corrected chi connectivity index (χ4v) is 4.42. The number of non-ortho nitro benzene ring substituents is 1. The van der Waals surface area contributed by atoms with E-state index in [1.165, 1.54) is 24.3 Å². The molecule has 1 atom stereocenters. The predicted octanol–water partition coefficient (Wildman–Crippen LogP) is 5.38. The number of nitrogens with zero attached hydrogens (tertiary/aromatic N) is 4. The van der Waals surface area contributed by atoms with Crippen molar-refractivity contribution < 1.29 is 19.2 Å². The van der Waals surface area contributed by atoms with E-state index in [9.17, 15) is 19.7 Å². The summed E-state index contributed by atoms with van der Waals surface area (Å²) in [6, 6.07) is 17.3. The molecule has 0 bridgehead atoms. The number of carbonyl (C=O) groups excluding carboxylic acids is 2. The first kappa shape index (κ1) is 29.4. The summed E-state index contributed by atoms with van der Waals surface area (Å²) < 4.78 is 7.47. The van der Waals surface area contributed by atoms with Crippen molar-refractivity contribution in [3.05, 3.63) is 93.8 Å². The Morgan fingerprint density at radius 3 is 2.38 bits per heavy atom. The van der Waals surface area contributed by atoms with Gasteiger partial charge >= 0.3 is 0 Å². The monoisotopic (exact) mass is 534 g/mol. The van der Waals surface area contributed by atoms with E-state index in [-0.39, 0.29) is 36.0 Å². The number of rotatable bonds is 13. The number of hydrogen-bond donors (Lipinski definition) is 0. The van der Waals surface area contributed by atoms with Gasteiger partial charge in [0.1, 0.15) is 12.3 Å². The zero-order valence-electron chi connectivity index (χ0n) is 23.4. The quantitative estimate of drug-likeness (QED) is 0.217. The van der Waals surface area contributed by atoms with Crippen molar-refractivity contribution in [3.8, 4) is 5.75 Å². The van der Waals surface area contributed by atoms with Gasteiger partial charge < -0.3 is 19.1 Å². The summed E-state index contributed by atoms with van der Waals surface area (Å²) in [6.07, 6.45) is 2.76. The van der Waals surface area contributed by atoms with Crippen molar-refractivity contribution in [1.82, 2.24) is 14.4 Å². The average molecular weight is 535 g/mol. The summed E-state index contributed by atoms with van der Waals surface area (Å²) in [7, 11) is 1.64. The van der Waals surface area contributed by atoms with Crippen molar-refractivity contribution in [2.75, 3.05) is 20.2 Å². The minimum atomic E-state index is -0.502. The number of carbonyl (C=O) groups is 2. The molecule has 0 saturated carbocycles. The molecule has 3 aromatic rings. The van der Waals surface area contributed by atoms with Crippen LogP contribution in [-0.2, 0) is 17.9 Å². The molecule has 2 aromatic carbocycles. The van der Waals surface area contributed by atoms with Crippen LogP contribution < -0.4 is 4.74 Å². The molecule has 0 aliphatic carbocycles. The van der Waals surface area contributed by atoms with Gasteiger partial charge in [-0.2, -0.15) is 0 Å². The maximum Gasteiger partial charge on any atom is 0.269 e. The SMILES string of the molecule is CCC(C)N(Cc1cccn1Cc1cccc(OC)c1)C(=O)CN(CC(C)C)C(=O)c1ccc([N+](=O)[O-])cc1. The van der Waals surface area contributed by atoms with E-state index in [0.29, 0.717) is 25.2 Å². The second-order valence-corrected chi connectivity index (χ2v) is 10.1. The lowest BCUT2D eigenvalue weighted by Gasteiger charge is -2.32. The Balaban J connectivity index is 1.80.